The van der Waals surface area contributed by atoms with E-state index in [1.54, 1.807) is 30.3 Å². The lowest BCUT2D eigenvalue weighted by atomic mass is 10.2. The Morgan fingerprint density at radius 2 is 1.88 bits per heavy atom. The van der Waals surface area contributed by atoms with Gasteiger partial charge in [-0.3, -0.25) is 4.79 Å². The number of carbonyl (C=O) groups is 1. The van der Waals surface area contributed by atoms with Crippen molar-refractivity contribution in [1.29, 1.82) is 0 Å². The molecule has 1 N–H and O–H groups in total. The first kappa shape index (κ1) is 22.9. The van der Waals surface area contributed by atoms with Gasteiger partial charge < -0.3 is 10.1 Å². The van der Waals surface area contributed by atoms with Crippen LogP contribution in [0.1, 0.15) is 43.5 Å². The first-order chi connectivity index (χ1) is 15.8. The lowest BCUT2D eigenvalue weighted by Gasteiger charge is -2.26. The highest BCUT2D eigenvalue weighted by Crippen LogP contribution is 2.31. The van der Waals surface area contributed by atoms with Crippen molar-refractivity contribution in [2.45, 2.75) is 44.1 Å². The number of tetrazole rings is 1. The van der Waals surface area contributed by atoms with Gasteiger partial charge in [-0.05, 0) is 73.5 Å². The molecule has 1 aliphatic rings. The molecule has 0 unspecified atom stereocenters. The number of sulfonamides is 1. The summed E-state index contributed by atoms with van der Waals surface area (Å²) in [4.78, 5) is 13.2. The number of benzene rings is 2. The Morgan fingerprint density at radius 3 is 2.58 bits per heavy atom. The predicted molar refractivity (Wildman–Crippen MR) is 122 cm³/mol. The lowest BCUT2D eigenvalue weighted by molar-refractivity contribution is 0.102. The van der Waals surface area contributed by atoms with Gasteiger partial charge in [-0.1, -0.05) is 12.5 Å². The average molecular weight is 471 g/mol. The molecule has 1 saturated heterocycles. The molecular weight excluding hydrogens is 444 g/mol. The zero-order valence-corrected chi connectivity index (χ0v) is 19.3. The zero-order valence-electron chi connectivity index (χ0n) is 18.5. The minimum atomic E-state index is -3.67. The third kappa shape index (κ3) is 5.20. The number of amides is 1. The van der Waals surface area contributed by atoms with E-state index >= 15 is 0 Å². The van der Waals surface area contributed by atoms with Crippen LogP contribution in [0.25, 0.3) is 5.69 Å². The molecule has 0 aliphatic carbocycles. The number of carbonyl (C=O) groups excluding carboxylic acids is 1. The van der Waals surface area contributed by atoms with Crippen molar-refractivity contribution >= 4 is 21.6 Å². The summed E-state index contributed by atoms with van der Waals surface area (Å²) in [6, 6.07) is 11.4. The summed E-state index contributed by atoms with van der Waals surface area (Å²) in [6.07, 6.45) is 3.98. The Bertz CT molecular complexity index is 1220. The SMILES string of the molecule is CC(C)Oc1ccc(S(=O)(=O)N2CCCCC2)cc1NC(=O)c1cccc(-n2cnnn2)c1. The highest BCUT2D eigenvalue weighted by molar-refractivity contribution is 7.89. The van der Waals surface area contributed by atoms with E-state index in [1.807, 2.05) is 13.8 Å². The van der Waals surface area contributed by atoms with Crippen LogP contribution in [-0.2, 0) is 10.0 Å². The van der Waals surface area contributed by atoms with Gasteiger partial charge in [0, 0.05) is 18.7 Å². The monoisotopic (exact) mass is 470 g/mol. The third-order valence-electron chi connectivity index (χ3n) is 5.24. The first-order valence-corrected chi connectivity index (χ1v) is 12.2. The van der Waals surface area contributed by atoms with E-state index in [0.717, 1.165) is 19.3 Å². The number of nitrogens with one attached hydrogen (secondary N) is 1. The van der Waals surface area contributed by atoms with Crippen molar-refractivity contribution in [2.24, 2.45) is 0 Å². The standard InChI is InChI=1S/C22H26N6O4S/c1-16(2)32-21-10-9-19(33(30,31)27-11-4-3-5-12-27)14-20(21)24-22(29)17-7-6-8-18(13-17)28-15-23-25-26-28/h6-10,13-16H,3-5,11-12H2,1-2H3,(H,24,29). The van der Waals surface area contributed by atoms with Crippen molar-refractivity contribution in [1.82, 2.24) is 24.5 Å². The largest absolute Gasteiger partial charge is 0.489 e. The number of anilines is 1. The second-order valence-corrected chi connectivity index (χ2v) is 9.99. The van der Waals surface area contributed by atoms with Gasteiger partial charge in [0.1, 0.15) is 12.1 Å². The van der Waals surface area contributed by atoms with E-state index in [4.69, 9.17) is 4.74 Å². The van der Waals surface area contributed by atoms with Crippen molar-refractivity contribution in [3.8, 4) is 11.4 Å². The van der Waals surface area contributed by atoms with Crippen LogP contribution in [0.3, 0.4) is 0 Å². The van der Waals surface area contributed by atoms with Crippen LogP contribution in [0.5, 0.6) is 5.75 Å². The van der Waals surface area contributed by atoms with E-state index < -0.39 is 15.9 Å². The van der Waals surface area contributed by atoms with Gasteiger partial charge in [-0.2, -0.15) is 4.31 Å². The first-order valence-electron chi connectivity index (χ1n) is 10.8. The number of rotatable bonds is 7. The fourth-order valence-electron chi connectivity index (χ4n) is 3.64. The molecule has 0 radical (unpaired) electrons. The maximum atomic E-state index is 13.2. The fraction of sp³-hybridized carbons (Fsp3) is 0.364. The van der Waals surface area contributed by atoms with Gasteiger partial charge in [0.05, 0.1) is 22.4 Å². The number of piperidine rings is 1. The minimum Gasteiger partial charge on any atom is -0.489 e. The summed E-state index contributed by atoms with van der Waals surface area (Å²) in [6.45, 7) is 4.72. The molecule has 0 bridgehead atoms. The average Bonchev–Trinajstić information content (AvgIpc) is 3.35. The second kappa shape index (κ2) is 9.67. The normalized spacial score (nSPS) is 14.9. The van der Waals surface area contributed by atoms with Crippen LogP contribution in [0.4, 0.5) is 5.69 Å². The molecule has 3 aromatic rings. The number of aromatic nitrogens is 4. The number of hydrogen-bond donors (Lipinski definition) is 1. The van der Waals surface area contributed by atoms with Crippen molar-refractivity contribution in [3.05, 3.63) is 54.4 Å². The number of hydrogen-bond acceptors (Lipinski definition) is 7. The molecular formula is C22H26N6O4S. The van der Waals surface area contributed by atoms with Crippen molar-refractivity contribution in [2.75, 3.05) is 18.4 Å². The minimum absolute atomic E-state index is 0.123. The maximum absolute atomic E-state index is 13.2. The van der Waals surface area contributed by atoms with Gasteiger partial charge in [0.15, 0.2) is 0 Å². The van der Waals surface area contributed by atoms with Crippen LogP contribution in [-0.4, -0.2) is 58.0 Å². The van der Waals surface area contributed by atoms with Crippen LogP contribution >= 0.6 is 0 Å². The van der Waals surface area contributed by atoms with E-state index in [-0.39, 0.29) is 11.0 Å². The predicted octanol–water partition coefficient (Wildman–Crippen LogP) is 2.88. The molecule has 0 atom stereocenters. The Balaban J connectivity index is 1.64. The van der Waals surface area contributed by atoms with Crippen molar-refractivity contribution in [3.63, 3.8) is 0 Å². The molecule has 10 nitrogen and oxygen atoms in total. The molecule has 174 valence electrons. The molecule has 0 saturated carbocycles. The third-order valence-corrected chi connectivity index (χ3v) is 7.13. The lowest BCUT2D eigenvalue weighted by Crippen LogP contribution is -2.35. The van der Waals surface area contributed by atoms with E-state index in [9.17, 15) is 13.2 Å². The highest BCUT2D eigenvalue weighted by Gasteiger charge is 2.27. The number of ether oxygens (including phenoxy) is 1. The second-order valence-electron chi connectivity index (χ2n) is 8.05. The smallest absolute Gasteiger partial charge is 0.255 e. The molecule has 1 amide bonds. The van der Waals surface area contributed by atoms with E-state index in [0.29, 0.717) is 35.8 Å². The molecule has 1 aliphatic heterocycles. The summed E-state index contributed by atoms with van der Waals surface area (Å²) >= 11 is 0. The van der Waals surface area contributed by atoms with Gasteiger partial charge in [0.2, 0.25) is 10.0 Å². The fourth-order valence-corrected chi connectivity index (χ4v) is 5.19. The van der Waals surface area contributed by atoms with Gasteiger partial charge in [-0.15, -0.1) is 5.10 Å². The van der Waals surface area contributed by atoms with Crippen molar-refractivity contribution < 1.29 is 17.9 Å². The Morgan fingerprint density at radius 1 is 1.09 bits per heavy atom. The van der Waals surface area contributed by atoms with Crippen LogP contribution in [0.2, 0.25) is 0 Å². The van der Waals surface area contributed by atoms with Gasteiger partial charge in [-0.25, -0.2) is 13.1 Å². The van der Waals surface area contributed by atoms with Crippen LogP contribution in [0.15, 0.2) is 53.7 Å². The highest BCUT2D eigenvalue weighted by atomic mass is 32.2. The molecule has 11 heteroatoms. The van der Waals surface area contributed by atoms with Gasteiger partial charge >= 0.3 is 0 Å². The molecule has 2 aromatic carbocycles. The summed E-state index contributed by atoms with van der Waals surface area (Å²) in [5, 5.41) is 13.9. The molecule has 0 spiro atoms. The summed E-state index contributed by atoms with van der Waals surface area (Å²) in [5.74, 6) is -0.0152. The van der Waals surface area contributed by atoms with E-state index in [2.05, 4.69) is 20.8 Å². The molecule has 1 fully saturated rings. The molecule has 4 rings (SSSR count). The molecule has 33 heavy (non-hydrogen) atoms. The Hall–Kier alpha value is -3.31. The quantitative estimate of drug-likeness (QED) is 0.564. The maximum Gasteiger partial charge on any atom is 0.255 e. The Kier molecular flexibility index (Phi) is 6.70. The van der Waals surface area contributed by atoms with Gasteiger partial charge in [0.25, 0.3) is 5.91 Å². The molecule has 1 aromatic heterocycles. The topological polar surface area (TPSA) is 119 Å². The van der Waals surface area contributed by atoms with E-state index in [1.165, 1.54) is 27.4 Å². The van der Waals surface area contributed by atoms with Crippen LogP contribution < -0.4 is 10.1 Å². The zero-order chi connectivity index (χ0) is 23.4. The Labute approximate surface area is 192 Å². The number of nitrogens with zero attached hydrogens (tertiary/aromatic N) is 5. The molecule has 2 heterocycles. The summed E-state index contributed by atoms with van der Waals surface area (Å²) in [5.41, 5.74) is 1.27. The summed E-state index contributed by atoms with van der Waals surface area (Å²) < 4.78 is 35.1. The van der Waals surface area contributed by atoms with Crippen LogP contribution in [0, 0.1) is 0 Å². The summed E-state index contributed by atoms with van der Waals surface area (Å²) in [7, 11) is -3.67.